The molecule has 0 saturated carbocycles. The molecule has 4 heteroatoms. The molecule has 0 aromatic rings. The Morgan fingerprint density at radius 2 is 2.00 bits per heavy atom. The largest absolute Gasteiger partial charge is 0.481 e. The van der Waals surface area contributed by atoms with Crippen molar-refractivity contribution in [3.63, 3.8) is 0 Å². The van der Waals surface area contributed by atoms with Gasteiger partial charge in [0, 0.05) is 19.7 Å². The van der Waals surface area contributed by atoms with Gasteiger partial charge in [-0.3, -0.25) is 4.79 Å². The highest BCUT2D eigenvalue weighted by atomic mass is 16.5. The standard InChI is InChI=1S/C12H25NO3/c1-4-13(7-5-12(14)15)8-10-16-9-6-11(2)3/h11H,4-10H2,1-3H3,(H,14,15). The molecule has 96 valence electrons. The highest BCUT2D eigenvalue weighted by molar-refractivity contribution is 5.66. The molecule has 0 rings (SSSR count). The molecule has 0 unspecified atom stereocenters. The average molecular weight is 231 g/mol. The molecule has 0 aromatic carbocycles. The van der Waals surface area contributed by atoms with Crippen molar-refractivity contribution in [2.45, 2.75) is 33.6 Å². The molecule has 0 atom stereocenters. The molecule has 0 aliphatic heterocycles. The number of ether oxygens (including phenoxy) is 1. The fourth-order valence-corrected chi connectivity index (χ4v) is 1.30. The minimum atomic E-state index is -0.737. The Bertz CT molecular complexity index is 183. The van der Waals surface area contributed by atoms with Gasteiger partial charge in [0.2, 0.25) is 0 Å². The molecule has 0 aliphatic rings. The van der Waals surface area contributed by atoms with Crippen molar-refractivity contribution in [3.05, 3.63) is 0 Å². The Morgan fingerprint density at radius 1 is 1.31 bits per heavy atom. The third-order valence-corrected chi connectivity index (χ3v) is 2.48. The summed E-state index contributed by atoms with van der Waals surface area (Å²) in [7, 11) is 0. The van der Waals surface area contributed by atoms with Gasteiger partial charge in [-0.15, -0.1) is 0 Å². The van der Waals surface area contributed by atoms with Crippen molar-refractivity contribution in [2.75, 3.05) is 32.8 Å². The van der Waals surface area contributed by atoms with Crippen LogP contribution >= 0.6 is 0 Å². The van der Waals surface area contributed by atoms with Crippen LogP contribution in [0.3, 0.4) is 0 Å². The maximum atomic E-state index is 10.4. The lowest BCUT2D eigenvalue weighted by molar-refractivity contribution is -0.137. The van der Waals surface area contributed by atoms with Crippen LogP contribution < -0.4 is 0 Å². The van der Waals surface area contributed by atoms with Crippen LogP contribution in [0.1, 0.15) is 33.6 Å². The van der Waals surface area contributed by atoms with E-state index in [2.05, 4.69) is 18.7 Å². The molecule has 4 nitrogen and oxygen atoms in total. The molecule has 16 heavy (non-hydrogen) atoms. The molecule has 0 aliphatic carbocycles. The van der Waals surface area contributed by atoms with Crippen molar-refractivity contribution in [2.24, 2.45) is 5.92 Å². The van der Waals surface area contributed by atoms with Crippen molar-refractivity contribution >= 4 is 5.97 Å². The molecule has 0 heterocycles. The van der Waals surface area contributed by atoms with E-state index < -0.39 is 5.97 Å². The number of carboxylic acids is 1. The highest BCUT2D eigenvalue weighted by Crippen LogP contribution is 1.99. The molecule has 1 N–H and O–H groups in total. The SMILES string of the molecule is CCN(CCOCCC(C)C)CCC(=O)O. The van der Waals surface area contributed by atoms with E-state index in [4.69, 9.17) is 9.84 Å². The van der Waals surface area contributed by atoms with Gasteiger partial charge in [0.05, 0.1) is 13.0 Å². The first-order chi connectivity index (χ1) is 7.56. The van der Waals surface area contributed by atoms with Gasteiger partial charge < -0.3 is 14.7 Å². The van der Waals surface area contributed by atoms with Crippen LogP contribution in [-0.4, -0.2) is 48.8 Å². The van der Waals surface area contributed by atoms with Crippen LogP contribution in [0.5, 0.6) is 0 Å². The van der Waals surface area contributed by atoms with Gasteiger partial charge in [0.1, 0.15) is 0 Å². The zero-order valence-electron chi connectivity index (χ0n) is 10.7. The summed E-state index contributed by atoms with van der Waals surface area (Å²) in [6.07, 6.45) is 1.29. The Labute approximate surface area is 98.6 Å². The molecule has 0 fully saturated rings. The van der Waals surface area contributed by atoms with Crippen molar-refractivity contribution in [1.82, 2.24) is 4.90 Å². The van der Waals surface area contributed by atoms with Crippen LogP contribution in [0.15, 0.2) is 0 Å². The molecule has 0 bridgehead atoms. The van der Waals surface area contributed by atoms with Gasteiger partial charge in [-0.2, -0.15) is 0 Å². The summed E-state index contributed by atoms with van der Waals surface area (Å²) in [4.78, 5) is 12.5. The minimum Gasteiger partial charge on any atom is -0.481 e. The average Bonchev–Trinajstić information content (AvgIpc) is 2.21. The summed E-state index contributed by atoms with van der Waals surface area (Å²) in [5.74, 6) is -0.0616. The van der Waals surface area contributed by atoms with Crippen LogP contribution in [0.25, 0.3) is 0 Å². The molecule has 0 aromatic heterocycles. The number of rotatable bonds is 10. The third kappa shape index (κ3) is 9.93. The lowest BCUT2D eigenvalue weighted by Gasteiger charge is -2.19. The van der Waals surface area contributed by atoms with Crippen LogP contribution in [0, 0.1) is 5.92 Å². The number of aliphatic carboxylic acids is 1. The number of hydrogen-bond acceptors (Lipinski definition) is 3. The van der Waals surface area contributed by atoms with Gasteiger partial charge in [0.25, 0.3) is 0 Å². The van der Waals surface area contributed by atoms with Gasteiger partial charge in [0.15, 0.2) is 0 Å². The number of carbonyl (C=O) groups is 1. The first-order valence-corrected chi connectivity index (χ1v) is 6.08. The van der Waals surface area contributed by atoms with E-state index in [1.165, 1.54) is 0 Å². The van der Waals surface area contributed by atoms with E-state index in [0.29, 0.717) is 19.1 Å². The number of nitrogens with zero attached hydrogens (tertiary/aromatic N) is 1. The third-order valence-electron chi connectivity index (χ3n) is 2.48. The van der Waals surface area contributed by atoms with E-state index in [1.54, 1.807) is 0 Å². The summed E-state index contributed by atoms with van der Waals surface area (Å²) in [5, 5.41) is 8.57. The Kier molecular flexibility index (Phi) is 9.24. The molecule has 0 spiro atoms. The Hall–Kier alpha value is -0.610. The lowest BCUT2D eigenvalue weighted by Crippen LogP contribution is -2.29. The second kappa shape index (κ2) is 9.60. The summed E-state index contributed by atoms with van der Waals surface area (Å²) in [6.45, 7) is 10.2. The van der Waals surface area contributed by atoms with Crippen LogP contribution in [-0.2, 0) is 9.53 Å². The van der Waals surface area contributed by atoms with E-state index in [1.807, 2.05) is 6.92 Å². The summed E-state index contributed by atoms with van der Waals surface area (Å²) >= 11 is 0. The number of carboxylic acid groups (broad SMARTS) is 1. The van der Waals surface area contributed by atoms with Gasteiger partial charge in [-0.25, -0.2) is 0 Å². The summed E-state index contributed by atoms with van der Waals surface area (Å²) in [6, 6.07) is 0. The van der Waals surface area contributed by atoms with Crippen molar-refractivity contribution in [1.29, 1.82) is 0 Å². The normalized spacial score (nSPS) is 11.3. The minimum absolute atomic E-state index is 0.208. The highest BCUT2D eigenvalue weighted by Gasteiger charge is 2.05. The maximum absolute atomic E-state index is 10.4. The Morgan fingerprint density at radius 3 is 2.50 bits per heavy atom. The summed E-state index contributed by atoms with van der Waals surface area (Å²) < 4.78 is 5.49. The molecule has 0 amide bonds. The number of hydrogen-bond donors (Lipinski definition) is 1. The Balaban J connectivity index is 3.44. The van der Waals surface area contributed by atoms with Gasteiger partial charge in [-0.1, -0.05) is 20.8 Å². The van der Waals surface area contributed by atoms with Gasteiger partial charge in [-0.05, 0) is 18.9 Å². The lowest BCUT2D eigenvalue weighted by atomic mass is 10.1. The molecular formula is C12H25NO3. The second-order valence-corrected chi connectivity index (χ2v) is 4.37. The topological polar surface area (TPSA) is 49.8 Å². The van der Waals surface area contributed by atoms with Crippen molar-refractivity contribution in [3.8, 4) is 0 Å². The van der Waals surface area contributed by atoms with Crippen molar-refractivity contribution < 1.29 is 14.6 Å². The predicted octanol–water partition coefficient (Wildman–Crippen LogP) is 1.85. The quantitative estimate of drug-likeness (QED) is 0.583. The molecular weight excluding hydrogens is 206 g/mol. The van der Waals surface area contributed by atoms with E-state index >= 15 is 0 Å². The van der Waals surface area contributed by atoms with Crippen LogP contribution in [0.2, 0.25) is 0 Å². The predicted molar refractivity (Wildman–Crippen MR) is 64.6 cm³/mol. The molecule has 0 saturated heterocycles. The molecule has 0 radical (unpaired) electrons. The van der Waals surface area contributed by atoms with E-state index in [9.17, 15) is 4.79 Å². The second-order valence-electron chi connectivity index (χ2n) is 4.37. The van der Waals surface area contributed by atoms with Gasteiger partial charge >= 0.3 is 5.97 Å². The summed E-state index contributed by atoms with van der Waals surface area (Å²) in [5.41, 5.74) is 0. The number of likely N-dealkylation sites (N-methyl/N-ethyl adjacent to an activating group) is 1. The smallest absolute Gasteiger partial charge is 0.304 e. The van der Waals surface area contributed by atoms with E-state index in [0.717, 1.165) is 26.1 Å². The fourth-order valence-electron chi connectivity index (χ4n) is 1.30. The van der Waals surface area contributed by atoms with E-state index in [-0.39, 0.29) is 6.42 Å². The van der Waals surface area contributed by atoms with Crippen LogP contribution in [0.4, 0.5) is 0 Å². The maximum Gasteiger partial charge on any atom is 0.304 e. The fraction of sp³-hybridized carbons (Fsp3) is 0.917. The first-order valence-electron chi connectivity index (χ1n) is 6.08. The monoisotopic (exact) mass is 231 g/mol. The zero-order chi connectivity index (χ0) is 12.4. The first kappa shape index (κ1) is 15.4. The zero-order valence-corrected chi connectivity index (χ0v) is 10.7.